The van der Waals surface area contributed by atoms with Gasteiger partial charge >= 0.3 is 0 Å². The van der Waals surface area contributed by atoms with Crippen LogP contribution in [-0.4, -0.2) is 54.3 Å². The Morgan fingerprint density at radius 3 is 2.58 bits per heavy atom. The van der Waals surface area contributed by atoms with Crippen molar-refractivity contribution in [3.05, 3.63) is 70.5 Å². The van der Waals surface area contributed by atoms with Crippen LogP contribution < -0.4 is 21.3 Å². The number of nitrogens with zero attached hydrogens (tertiary/aromatic N) is 2. The van der Waals surface area contributed by atoms with Crippen LogP contribution in [-0.2, 0) is 22.6 Å². The molecule has 1 fully saturated rings. The van der Waals surface area contributed by atoms with Crippen LogP contribution in [0.3, 0.4) is 0 Å². The SMILES string of the molecule is C[C@H](NCc1cc2ccc(Oc3ccccc3)cc2n(CCN2CCOCC2)c1=O)C(N)=O. The maximum absolute atomic E-state index is 13.4. The minimum atomic E-state index is -0.524. The van der Waals surface area contributed by atoms with E-state index in [0.29, 0.717) is 31.1 Å². The Bertz CT molecular complexity index is 1160. The van der Waals surface area contributed by atoms with Gasteiger partial charge in [0.1, 0.15) is 11.5 Å². The molecule has 8 nitrogen and oxygen atoms in total. The average molecular weight is 451 g/mol. The highest BCUT2D eigenvalue weighted by molar-refractivity contribution is 5.81. The Balaban J connectivity index is 1.66. The molecule has 0 bridgehead atoms. The van der Waals surface area contributed by atoms with E-state index in [-0.39, 0.29) is 12.1 Å². The summed E-state index contributed by atoms with van der Waals surface area (Å²) in [5, 5.41) is 3.97. The highest BCUT2D eigenvalue weighted by atomic mass is 16.5. The number of benzene rings is 2. The molecule has 33 heavy (non-hydrogen) atoms. The molecular weight excluding hydrogens is 420 g/mol. The normalized spacial score (nSPS) is 15.4. The number of morpholine rings is 1. The molecule has 1 aromatic heterocycles. The van der Waals surface area contributed by atoms with E-state index < -0.39 is 11.9 Å². The van der Waals surface area contributed by atoms with Crippen LogP contribution in [0.25, 0.3) is 10.9 Å². The number of carbonyl (C=O) groups is 1. The van der Waals surface area contributed by atoms with E-state index >= 15 is 0 Å². The van der Waals surface area contributed by atoms with E-state index in [1.54, 1.807) is 11.5 Å². The van der Waals surface area contributed by atoms with Gasteiger partial charge in [-0.25, -0.2) is 0 Å². The highest BCUT2D eigenvalue weighted by Gasteiger charge is 2.15. The van der Waals surface area contributed by atoms with Gasteiger partial charge in [-0.15, -0.1) is 0 Å². The fraction of sp³-hybridized carbons (Fsp3) is 0.360. The number of rotatable bonds is 9. The van der Waals surface area contributed by atoms with Gasteiger partial charge in [-0.1, -0.05) is 18.2 Å². The summed E-state index contributed by atoms with van der Waals surface area (Å²) < 4.78 is 13.2. The first-order valence-electron chi connectivity index (χ1n) is 11.2. The number of hydrogen-bond acceptors (Lipinski definition) is 6. The van der Waals surface area contributed by atoms with E-state index in [2.05, 4.69) is 10.2 Å². The van der Waals surface area contributed by atoms with Gasteiger partial charge in [0.05, 0.1) is 24.8 Å². The fourth-order valence-electron chi connectivity index (χ4n) is 3.88. The lowest BCUT2D eigenvalue weighted by atomic mass is 10.1. The molecule has 1 aliphatic rings. The number of pyridine rings is 1. The Morgan fingerprint density at radius 2 is 1.85 bits per heavy atom. The Labute approximate surface area is 192 Å². The van der Waals surface area contributed by atoms with Crippen molar-refractivity contribution in [3.63, 3.8) is 0 Å². The van der Waals surface area contributed by atoms with Crippen LogP contribution in [0.1, 0.15) is 12.5 Å². The molecule has 0 spiro atoms. The molecule has 2 heterocycles. The van der Waals surface area contributed by atoms with Crippen LogP contribution >= 0.6 is 0 Å². The first-order valence-corrected chi connectivity index (χ1v) is 11.2. The van der Waals surface area contributed by atoms with Crippen molar-refractivity contribution in [2.45, 2.75) is 26.1 Å². The Hall–Kier alpha value is -3.20. The second kappa shape index (κ2) is 10.6. The smallest absolute Gasteiger partial charge is 0.255 e. The van der Waals surface area contributed by atoms with Crippen molar-refractivity contribution >= 4 is 16.8 Å². The molecule has 8 heteroatoms. The number of amides is 1. The third-order valence-electron chi connectivity index (χ3n) is 5.89. The molecule has 4 rings (SSSR count). The predicted molar refractivity (Wildman–Crippen MR) is 127 cm³/mol. The average Bonchev–Trinajstić information content (AvgIpc) is 2.83. The van der Waals surface area contributed by atoms with E-state index in [0.717, 1.165) is 36.3 Å². The highest BCUT2D eigenvalue weighted by Crippen LogP contribution is 2.25. The number of hydrogen-bond donors (Lipinski definition) is 2. The number of aromatic nitrogens is 1. The molecular formula is C25H30N4O4. The van der Waals surface area contributed by atoms with Crippen LogP contribution in [0.15, 0.2) is 59.4 Å². The number of nitrogens with two attached hydrogens (primary N) is 1. The van der Waals surface area contributed by atoms with E-state index in [9.17, 15) is 9.59 Å². The lowest BCUT2D eigenvalue weighted by molar-refractivity contribution is -0.119. The number of ether oxygens (including phenoxy) is 2. The maximum atomic E-state index is 13.4. The second-order valence-electron chi connectivity index (χ2n) is 8.22. The first-order chi connectivity index (χ1) is 16.0. The molecule has 0 radical (unpaired) electrons. The first kappa shape index (κ1) is 23.0. The lowest BCUT2D eigenvalue weighted by Gasteiger charge is -2.27. The van der Waals surface area contributed by atoms with Crippen LogP contribution in [0.4, 0.5) is 0 Å². The third kappa shape index (κ3) is 5.78. The largest absolute Gasteiger partial charge is 0.457 e. The van der Waals surface area contributed by atoms with E-state index in [1.165, 1.54) is 0 Å². The number of carbonyl (C=O) groups excluding carboxylic acids is 1. The van der Waals surface area contributed by atoms with Crippen molar-refractivity contribution < 1.29 is 14.3 Å². The van der Waals surface area contributed by atoms with E-state index in [4.69, 9.17) is 15.2 Å². The second-order valence-corrected chi connectivity index (χ2v) is 8.22. The molecule has 1 aliphatic heterocycles. The molecule has 1 atom stereocenters. The van der Waals surface area contributed by atoms with Crippen molar-refractivity contribution in [2.24, 2.45) is 5.73 Å². The standard InChI is InChI=1S/C25H30N4O4/c1-18(24(26)30)27-17-20-15-19-7-8-22(33-21-5-3-2-4-6-21)16-23(19)29(25(20)31)10-9-28-11-13-32-14-12-28/h2-8,15-16,18,27H,9-14,17H2,1H3,(H2,26,30)/t18-/m0/s1. The number of fused-ring (bicyclic) bond motifs is 1. The van der Waals surface area contributed by atoms with Crippen LogP contribution in [0, 0.1) is 0 Å². The van der Waals surface area contributed by atoms with Gasteiger partial charge in [0.15, 0.2) is 0 Å². The van der Waals surface area contributed by atoms with Crippen molar-refractivity contribution in [1.29, 1.82) is 0 Å². The van der Waals surface area contributed by atoms with Crippen molar-refractivity contribution in [1.82, 2.24) is 14.8 Å². The summed E-state index contributed by atoms with van der Waals surface area (Å²) in [7, 11) is 0. The summed E-state index contributed by atoms with van der Waals surface area (Å²) in [6.07, 6.45) is 0. The summed E-state index contributed by atoms with van der Waals surface area (Å²) in [5.74, 6) is 0.952. The summed E-state index contributed by atoms with van der Waals surface area (Å²) in [6.45, 7) is 6.37. The molecule has 174 valence electrons. The monoisotopic (exact) mass is 450 g/mol. The molecule has 2 aromatic carbocycles. The zero-order valence-corrected chi connectivity index (χ0v) is 18.8. The Morgan fingerprint density at radius 1 is 1.09 bits per heavy atom. The van der Waals surface area contributed by atoms with Gasteiger partial charge in [-0.3, -0.25) is 14.5 Å². The zero-order chi connectivity index (χ0) is 23.2. The van der Waals surface area contributed by atoms with Gasteiger partial charge in [0.2, 0.25) is 5.91 Å². The minimum absolute atomic E-state index is 0.0863. The summed E-state index contributed by atoms with van der Waals surface area (Å²) >= 11 is 0. The fourth-order valence-corrected chi connectivity index (χ4v) is 3.88. The maximum Gasteiger partial charge on any atom is 0.255 e. The number of nitrogens with one attached hydrogen (secondary N) is 1. The van der Waals surface area contributed by atoms with Gasteiger partial charge in [0, 0.05) is 44.4 Å². The summed E-state index contributed by atoms with van der Waals surface area (Å²) in [4.78, 5) is 27.1. The van der Waals surface area contributed by atoms with Gasteiger partial charge in [-0.2, -0.15) is 0 Å². The van der Waals surface area contributed by atoms with E-state index in [1.807, 2.05) is 54.6 Å². The number of primary amides is 1. The van der Waals surface area contributed by atoms with Crippen LogP contribution in [0.5, 0.6) is 11.5 Å². The molecule has 0 saturated carbocycles. The summed E-state index contributed by atoms with van der Waals surface area (Å²) in [6, 6.07) is 16.7. The quantitative estimate of drug-likeness (QED) is 0.518. The molecule has 0 aliphatic carbocycles. The summed E-state index contributed by atoms with van der Waals surface area (Å²) in [5.41, 5.74) is 6.67. The van der Waals surface area contributed by atoms with Gasteiger partial charge in [-0.05, 0) is 42.6 Å². The zero-order valence-electron chi connectivity index (χ0n) is 18.8. The Kier molecular flexibility index (Phi) is 7.39. The minimum Gasteiger partial charge on any atom is -0.457 e. The lowest BCUT2D eigenvalue weighted by Crippen LogP contribution is -2.41. The topological polar surface area (TPSA) is 98.8 Å². The third-order valence-corrected chi connectivity index (χ3v) is 5.89. The molecule has 1 saturated heterocycles. The number of para-hydroxylation sites is 1. The van der Waals surface area contributed by atoms with Gasteiger partial charge in [0.25, 0.3) is 5.56 Å². The molecule has 0 unspecified atom stereocenters. The van der Waals surface area contributed by atoms with Gasteiger partial charge < -0.3 is 25.1 Å². The molecule has 3 N–H and O–H groups in total. The molecule has 3 aromatic rings. The van der Waals surface area contributed by atoms with Crippen molar-refractivity contribution in [2.75, 3.05) is 32.8 Å². The molecule has 1 amide bonds. The van der Waals surface area contributed by atoms with Crippen LogP contribution in [0.2, 0.25) is 0 Å². The van der Waals surface area contributed by atoms with Crippen molar-refractivity contribution in [3.8, 4) is 11.5 Å². The predicted octanol–water partition coefficient (Wildman–Crippen LogP) is 2.09.